The summed E-state index contributed by atoms with van der Waals surface area (Å²) >= 11 is 1.68. The Labute approximate surface area is 177 Å². The molecule has 0 saturated carbocycles. The second-order valence-electron chi connectivity index (χ2n) is 7.42. The molecule has 4 aromatic rings. The summed E-state index contributed by atoms with van der Waals surface area (Å²) in [5.74, 6) is 2.05. The highest BCUT2D eigenvalue weighted by Crippen LogP contribution is 2.33. The standard InChI is InChI=1S/C21H22N6O2S/c1-13-14(2)30-19-17(13)18-22-15(3)24-27(18)20(23-19)25-9-11-26(12-10-25)21(28)29-16-7-5-4-6-8-16/h4-8H,9-12H2,1-3H3. The number of piperazine rings is 1. The zero-order valence-corrected chi connectivity index (χ0v) is 17.9. The molecular formula is C21H22N6O2S. The maximum Gasteiger partial charge on any atom is 0.415 e. The van der Waals surface area contributed by atoms with Crippen LogP contribution in [0.5, 0.6) is 5.75 Å². The first-order chi connectivity index (χ1) is 14.5. The molecule has 5 rings (SSSR count). The molecule has 0 bridgehead atoms. The number of hydrogen-bond acceptors (Lipinski definition) is 7. The maximum atomic E-state index is 12.5. The molecule has 0 aliphatic carbocycles. The lowest BCUT2D eigenvalue weighted by Crippen LogP contribution is -2.50. The van der Waals surface area contributed by atoms with Crippen LogP contribution in [-0.4, -0.2) is 56.8 Å². The second kappa shape index (κ2) is 7.24. The zero-order valence-electron chi connectivity index (χ0n) is 17.1. The SMILES string of the molecule is Cc1nc2c3c(C)c(C)sc3nc(N3CCN(C(=O)Oc4ccccc4)CC3)n2n1. The van der Waals surface area contributed by atoms with Gasteiger partial charge in [-0.25, -0.2) is 14.8 Å². The Morgan fingerprint density at radius 3 is 2.50 bits per heavy atom. The van der Waals surface area contributed by atoms with Crippen molar-refractivity contribution in [3.05, 3.63) is 46.6 Å². The lowest BCUT2D eigenvalue weighted by atomic mass is 10.2. The number of carbonyl (C=O) groups is 1. The number of rotatable bonds is 2. The van der Waals surface area contributed by atoms with Crippen LogP contribution in [0, 0.1) is 20.8 Å². The normalized spacial score (nSPS) is 14.6. The second-order valence-corrected chi connectivity index (χ2v) is 8.63. The van der Waals surface area contributed by atoms with Crippen molar-refractivity contribution in [3.8, 4) is 5.75 Å². The topological polar surface area (TPSA) is 75.9 Å². The summed E-state index contributed by atoms with van der Waals surface area (Å²) in [5, 5.41) is 5.68. The van der Waals surface area contributed by atoms with Crippen LogP contribution >= 0.6 is 11.3 Å². The fourth-order valence-corrected chi connectivity index (χ4v) is 4.77. The summed E-state index contributed by atoms with van der Waals surface area (Å²) < 4.78 is 7.31. The number of aryl methyl sites for hydroxylation is 3. The summed E-state index contributed by atoms with van der Waals surface area (Å²) in [6, 6.07) is 9.15. The van der Waals surface area contributed by atoms with Gasteiger partial charge in [-0.2, -0.15) is 4.52 Å². The number of para-hydroxylation sites is 1. The van der Waals surface area contributed by atoms with Gasteiger partial charge in [-0.1, -0.05) is 18.2 Å². The highest BCUT2D eigenvalue weighted by molar-refractivity contribution is 7.18. The van der Waals surface area contributed by atoms with E-state index in [9.17, 15) is 4.79 Å². The Morgan fingerprint density at radius 1 is 1.03 bits per heavy atom. The smallest absolute Gasteiger partial charge is 0.410 e. The van der Waals surface area contributed by atoms with E-state index in [1.54, 1.807) is 28.4 Å². The molecule has 0 unspecified atom stereocenters. The van der Waals surface area contributed by atoms with E-state index < -0.39 is 0 Å². The van der Waals surface area contributed by atoms with Gasteiger partial charge in [0.05, 0.1) is 5.39 Å². The van der Waals surface area contributed by atoms with Gasteiger partial charge in [-0.05, 0) is 38.5 Å². The summed E-state index contributed by atoms with van der Waals surface area (Å²) in [4.78, 5) is 28.2. The molecule has 1 amide bonds. The zero-order chi connectivity index (χ0) is 20.8. The van der Waals surface area contributed by atoms with Crippen molar-refractivity contribution in [1.82, 2.24) is 24.5 Å². The third kappa shape index (κ3) is 3.15. The molecule has 0 spiro atoms. The fourth-order valence-electron chi connectivity index (χ4n) is 3.75. The van der Waals surface area contributed by atoms with Crippen molar-refractivity contribution >= 4 is 39.2 Å². The Hall–Kier alpha value is -3.20. The predicted octanol–water partition coefficient (Wildman–Crippen LogP) is 3.59. The van der Waals surface area contributed by atoms with Gasteiger partial charge in [0, 0.05) is 31.1 Å². The van der Waals surface area contributed by atoms with Crippen LogP contribution in [0.15, 0.2) is 30.3 Å². The molecule has 0 radical (unpaired) electrons. The van der Waals surface area contributed by atoms with Crippen LogP contribution in [0.4, 0.5) is 10.7 Å². The molecule has 0 atom stereocenters. The van der Waals surface area contributed by atoms with Gasteiger partial charge in [0.1, 0.15) is 16.4 Å². The van der Waals surface area contributed by atoms with Gasteiger partial charge in [0.25, 0.3) is 0 Å². The third-order valence-corrected chi connectivity index (χ3v) is 6.56. The lowest BCUT2D eigenvalue weighted by Gasteiger charge is -2.34. The lowest BCUT2D eigenvalue weighted by molar-refractivity contribution is 0.149. The summed E-state index contributed by atoms with van der Waals surface area (Å²) in [6.07, 6.45) is -0.324. The van der Waals surface area contributed by atoms with Gasteiger partial charge in [-0.3, -0.25) is 0 Å². The van der Waals surface area contributed by atoms with E-state index in [0.717, 1.165) is 27.6 Å². The van der Waals surface area contributed by atoms with Crippen LogP contribution in [0.1, 0.15) is 16.3 Å². The van der Waals surface area contributed by atoms with Crippen LogP contribution < -0.4 is 9.64 Å². The highest BCUT2D eigenvalue weighted by Gasteiger charge is 2.26. The maximum absolute atomic E-state index is 12.5. The molecule has 154 valence electrons. The molecule has 9 heteroatoms. The molecule has 0 N–H and O–H groups in total. The van der Waals surface area contributed by atoms with Gasteiger partial charge in [-0.15, -0.1) is 16.4 Å². The molecular weight excluding hydrogens is 400 g/mol. The predicted molar refractivity (Wildman–Crippen MR) is 117 cm³/mol. The first kappa shape index (κ1) is 18.8. The Bertz CT molecular complexity index is 1240. The minimum absolute atomic E-state index is 0.324. The van der Waals surface area contributed by atoms with E-state index >= 15 is 0 Å². The average molecular weight is 423 g/mol. The largest absolute Gasteiger partial charge is 0.415 e. The molecule has 1 saturated heterocycles. The summed E-state index contributed by atoms with van der Waals surface area (Å²) in [5.41, 5.74) is 2.06. The number of ether oxygens (including phenoxy) is 1. The van der Waals surface area contributed by atoms with Gasteiger partial charge >= 0.3 is 6.09 Å². The Morgan fingerprint density at radius 2 is 1.77 bits per heavy atom. The highest BCUT2D eigenvalue weighted by atomic mass is 32.1. The van der Waals surface area contributed by atoms with Crippen molar-refractivity contribution < 1.29 is 9.53 Å². The summed E-state index contributed by atoms with van der Waals surface area (Å²) in [6.45, 7) is 8.54. The minimum Gasteiger partial charge on any atom is -0.410 e. The molecule has 1 aliphatic rings. The number of anilines is 1. The number of benzene rings is 1. The minimum atomic E-state index is -0.324. The van der Waals surface area contributed by atoms with Crippen molar-refractivity contribution in [2.24, 2.45) is 0 Å². The third-order valence-electron chi connectivity index (χ3n) is 5.46. The summed E-state index contributed by atoms with van der Waals surface area (Å²) in [7, 11) is 0. The van der Waals surface area contributed by atoms with E-state index in [2.05, 4.69) is 28.8 Å². The first-order valence-corrected chi connectivity index (χ1v) is 10.7. The van der Waals surface area contributed by atoms with E-state index in [1.165, 1.54) is 10.4 Å². The molecule has 4 heterocycles. The van der Waals surface area contributed by atoms with E-state index in [-0.39, 0.29) is 6.09 Å². The van der Waals surface area contributed by atoms with E-state index in [4.69, 9.17) is 9.72 Å². The van der Waals surface area contributed by atoms with Gasteiger partial charge in [0.2, 0.25) is 5.95 Å². The van der Waals surface area contributed by atoms with E-state index in [1.807, 2.05) is 29.6 Å². The van der Waals surface area contributed by atoms with Crippen molar-refractivity contribution in [2.45, 2.75) is 20.8 Å². The average Bonchev–Trinajstić information content (AvgIpc) is 3.27. The number of amides is 1. The number of hydrogen-bond donors (Lipinski definition) is 0. The fraction of sp³-hybridized carbons (Fsp3) is 0.333. The molecule has 30 heavy (non-hydrogen) atoms. The quantitative estimate of drug-likeness (QED) is 0.491. The molecule has 1 fully saturated rings. The number of fused-ring (bicyclic) bond motifs is 3. The van der Waals surface area contributed by atoms with Crippen molar-refractivity contribution in [2.75, 3.05) is 31.1 Å². The van der Waals surface area contributed by atoms with Crippen LogP contribution in [0.3, 0.4) is 0 Å². The molecule has 1 aromatic carbocycles. The Balaban J connectivity index is 1.40. The molecule has 3 aromatic heterocycles. The first-order valence-electron chi connectivity index (χ1n) is 9.91. The number of aromatic nitrogens is 4. The number of thiophene rings is 1. The number of carbonyl (C=O) groups excluding carboxylic acids is 1. The van der Waals surface area contributed by atoms with Gasteiger partial charge in [0.15, 0.2) is 5.65 Å². The van der Waals surface area contributed by atoms with Crippen molar-refractivity contribution in [1.29, 1.82) is 0 Å². The molecule has 1 aliphatic heterocycles. The van der Waals surface area contributed by atoms with Gasteiger partial charge < -0.3 is 14.5 Å². The van der Waals surface area contributed by atoms with Crippen LogP contribution in [-0.2, 0) is 0 Å². The molecule has 8 nitrogen and oxygen atoms in total. The van der Waals surface area contributed by atoms with E-state index in [0.29, 0.717) is 31.9 Å². The van der Waals surface area contributed by atoms with Crippen LogP contribution in [0.2, 0.25) is 0 Å². The van der Waals surface area contributed by atoms with Crippen LogP contribution in [0.25, 0.3) is 15.9 Å². The Kier molecular flexibility index (Phi) is 4.54. The van der Waals surface area contributed by atoms with Crippen molar-refractivity contribution in [3.63, 3.8) is 0 Å². The number of nitrogens with zero attached hydrogens (tertiary/aromatic N) is 6. The monoisotopic (exact) mass is 422 g/mol.